The molecule has 0 saturated carbocycles. The van der Waals surface area contributed by atoms with Crippen LogP contribution in [0.3, 0.4) is 0 Å². The normalized spacial score (nSPS) is 27.6. The Morgan fingerprint density at radius 2 is 2.09 bits per heavy atom. The zero-order chi connectivity index (χ0) is 15.5. The number of carbonyl (C=O) groups excluding carboxylic acids is 1. The minimum Gasteiger partial charge on any atom is -0.426 e. The van der Waals surface area contributed by atoms with E-state index in [4.69, 9.17) is 4.74 Å². The molecule has 2 heterocycles. The zero-order valence-corrected chi connectivity index (χ0v) is 12.5. The summed E-state index contributed by atoms with van der Waals surface area (Å²) in [6.45, 7) is 0. The summed E-state index contributed by atoms with van der Waals surface area (Å²) in [7, 11) is -1.55. The summed E-state index contributed by atoms with van der Waals surface area (Å²) in [4.78, 5) is 12.3. The van der Waals surface area contributed by atoms with Crippen LogP contribution in [0.5, 0.6) is 0 Å². The molecule has 2 saturated heterocycles. The van der Waals surface area contributed by atoms with Gasteiger partial charge in [-0.2, -0.15) is 0 Å². The van der Waals surface area contributed by atoms with Crippen molar-refractivity contribution in [1.82, 2.24) is 5.32 Å². The van der Waals surface area contributed by atoms with Crippen LogP contribution in [0.2, 0.25) is 0 Å². The molecule has 2 bridgehead atoms. The Morgan fingerprint density at radius 1 is 1.32 bits per heavy atom. The van der Waals surface area contributed by atoms with Crippen molar-refractivity contribution in [2.75, 3.05) is 0 Å². The number of benzene rings is 1. The molecule has 3 rings (SSSR count). The molecule has 4 atom stereocenters. The van der Waals surface area contributed by atoms with E-state index in [9.17, 15) is 14.8 Å². The first-order valence-corrected chi connectivity index (χ1v) is 7.99. The predicted molar refractivity (Wildman–Crippen MR) is 82.9 cm³/mol. The van der Waals surface area contributed by atoms with Gasteiger partial charge in [-0.25, -0.2) is 0 Å². The van der Waals surface area contributed by atoms with Crippen LogP contribution < -0.4 is 5.32 Å². The molecule has 5 nitrogen and oxygen atoms in total. The van der Waals surface area contributed by atoms with E-state index < -0.39 is 13.1 Å². The van der Waals surface area contributed by atoms with E-state index in [2.05, 4.69) is 5.32 Å². The Labute approximate surface area is 130 Å². The number of hydrogen-bond donors (Lipinski definition) is 3. The fourth-order valence-corrected chi connectivity index (χ4v) is 3.47. The van der Waals surface area contributed by atoms with E-state index in [0.717, 1.165) is 24.8 Å². The molecule has 2 aliphatic rings. The van der Waals surface area contributed by atoms with E-state index in [1.54, 1.807) is 0 Å². The third kappa shape index (κ3) is 3.51. The number of amides is 1. The first kappa shape index (κ1) is 15.5. The van der Waals surface area contributed by atoms with Gasteiger partial charge in [-0.1, -0.05) is 30.3 Å². The van der Waals surface area contributed by atoms with Crippen molar-refractivity contribution in [2.45, 2.75) is 50.3 Å². The van der Waals surface area contributed by atoms with Gasteiger partial charge in [0.05, 0.1) is 24.1 Å². The molecule has 22 heavy (non-hydrogen) atoms. The van der Waals surface area contributed by atoms with Crippen LogP contribution in [0.4, 0.5) is 0 Å². The van der Waals surface area contributed by atoms with Crippen LogP contribution in [0.15, 0.2) is 30.3 Å². The van der Waals surface area contributed by atoms with Gasteiger partial charge < -0.3 is 20.1 Å². The van der Waals surface area contributed by atoms with Crippen molar-refractivity contribution < 1.29 is 19.6 Å². The van der Waals surface area contributed by atoms with Gasteiger partial charge in [0.15, 0.2) is 0 Å². The highest BCUT2D eigenvalue weighted by atomic mass is 16.5. The standard InChI is InChI=1S/C16H22BNO4/c19-16(13-10-12-7-8-14(13)22-12)18-15(17(20)21)9-6-11-4-2-1-3-5-11/h1-5,12-15,20-21H,6-10H2,(H,18,19)/t12-,13-,14+,15+/m1/s1. The number of hydrogen-bond acceptors (Lipinski definition) is 4. The molecule has 2 aliphatic heterocycles. The second-order valence-corrected chi connectivity index (χ2v) is 6.27. The number of carbonyl (C=O) groups is 1. The largest absolute Gasteiger partial charge is 0.475 e. The van der Waals surface area contributed by atoms with Crippen LogP contribution in [-0.2, 0) is 16.0 Å². The second kappa shape index (κ2) is 6.81. The topological polar surface area (TPSA) is 78.8 Å². The highest BCUT2D eigenvalue weighted by Gasteiger charge is 2.45. The molecule has 2 fully saturated rings. The first-order valence-electron chi connectivity index (χ1n) is 7.99. The lowest BCUT2D eigenvalue weighted by Gasteiger charge is -2.23. The van der Waals surface area contributed by atoms with Crippen molar-refractivity contribution in [3.8, 4) is 0 Å². The van der Waals surface area contributed by atoms with Gasteiger partial charge in [-0.15, -0.1) is 0 Å². The van der Waals surface area contributed by atoms with Crippen LogP contribution in [-0.4, -0.2) is 41.2 Å². The van der Waals surface area contributed by atoms with Crippen LogP contribution >= 0.6 is 0 Å². The monoisotopic (exact) mass is 303 g/mol. The maximum absolute atomic E-state index is 12.3. The SMILES string of the molecule is O=C(N[C@@H](CCc1ccccc1)B(O)O)[C@@H]1C[C@H]2CC[C@@H]1O2. The molecule has 6 heteroatoms. The fraction of sp³-hybridized carbons (Fsp3) is 0.562. The van der Waals surface area contributed by atoms with E-state index in [-0.39, 0.29) is 24.0 Å². The third-order valence-corrected chi connectivity index (χ3v) is 4.72. The quantitative estimate of drug-likeness (QED) is 0.675. The van der Waals surface area contributed by atoms with E-state index in [0.29, 0.717) is 12.8 Å². The average Bonchev–Trinajstić information content (AvgIpc) is 3.15. The number of nitrogens with one attached hydrogen (secondary N) is 1. The Bertz CT molecular complexity index is 510. The maximum Gasteiger partial charge on any atom is 0.475 e. The van der Waals surface area contributed by atoms with Crippen LogP contribution in [0, 0.1) is 5.92 Å². The molecule has 1 aromatic carbocycles. The summed E-state index contributed by atoms with van der Waals surface area (Å²) in [5.74, 6) is -0.901. The summed E-state index contributed by atoms with van der Waals surface area (Å²) in [5.41, 5.74) is 1.12. The number of rotatable bonds is 6. The van der Waals surface area contributed by atoms with E-state index >= 15 is 0 Å². The van der Waals surface area contributed by atoms with Gasteiger partial charge in [0.25, 0.3) is 0 Å². The maximum atomic E-state index is 12.3. The summed E-state index contributed by atoms with van der Waals surface area (Å²) >= 11 is 0. The smallest absolute Gasteiger partial charge is 0.426 e. The molecular weight excluding hydrogens is 281 g/mol. The average molecular weight is 303 g/mol. The molecule has 0 aliphatic carbocycles. The van der Waals surface area contributed by atoms with Gasteiger partial charge in [0.2, 0.25) is 5.91 Å². The Balaban J connectivity index is 1.54. The molecular formula is C16H22BNO4. The van der Waals surface area contributed by atoms with E-state index in [1.165, 1.54) is 0 Å². The first-order chi connectivity index (χ1) is 10.6. The van der Waals surface area contributed by atoms with Gasteiger partial charge in [0, 0.05) is 0 Å². The molecule has 0 spiro atoms. The second-order valence-electron chi connectivity index (χ2n) is 6.27. The number of fused-ring (bicyclic) bond motifs is 2. The predicted octanol–water partition coefficient (Wildman–Crippen LogP) is 0.683. The molecule has 118 valence electrons. The number of ether oxygens (including phenoxy) is 1. The molecule has 3 N–H and O–H groups in total. The lowest BCUT2D eigenvalue weighted by Crippen LogP contribution is -2.50. The summed E-state index contributed by atoms with van der Waals surface area (Å²) in [6.07, 6.45) is 4.13. The van der Waals surface area contributed by atoms with E-state index in [1.807, 2.05) is 30.3 Å². The van der Waals surface area contributed by atoms with Crippen molar-refractivity contribution in [2.24, 2.45) is 5.92 Å². The van der Waals surface area contributed by atoms with Crippen molar-refractivity contribution >= 4 is 13.0 Å². The minimum atomic E-state index is -1.55. The van der Waals surface area contributed by atoms with Gasteiger partial charge in [0.1, 0.15) is 0 Å². The highest BCUT2D eigenvalue weighted by molar-refractivity contribution is 6.43. The van der Waals surface area contributed by atoms with Gasteiger partial charge in [-0.3, -0.25) is 4.79 Å². The van der Waals surface area contributed by atoms with Crippen LogP contribution in [0.25, 0.3) is 0 Å². The lowest BCUT2D eigenvalue weighted by atomic mass is 9.75. The van der Waals surface area contributed by atoms with Gasteiger partial charge >= 0.3 is 7.12 Å². The lowest BCUT2D eigenvalue weighted by molar-refractivity contribution is -0.127. The van der Waals surface area contributed by atoms with Crippen molar-refractivity contribution in [1.29, 1.82) is 0 Å². The fourth-order valence-electron chi connectivity index (χ4n) is 3.47. The summed E-state index contributed by atoms with van der Waals surface area (Å²) < 4.78 is 5.69. The Morgan fingerprint density at radius 3 is 2.68 bits per heavy atom. The van der Waals surface area contributed by atoms with Crippen LogP contribution in [0.1, 0.15) is 31.2 Å². The molecule has 0 unspecified atom stereocenters. The molecule has 0 aromatic heterocycles. The minimum absolute atomic E-state index is 0.00982. The molecule has 1 amide bonds. The van der Waals surface area contributed by atoms with Crippen molar-refractivity contribution in [3.63, 3.8) is 0 Å². The number of aryl methyl sites for hydroxylation is 1. The Hall–Kier alpha value is -1.37. The van der Waals surface area contributed by atoms with Crippen molar-refractivity contribution in [3.05, 3.63) is 35.9 Å². The molecule has 1 aromatic rings. The van der Waals surface area contributed by atoms with Gasteiger partial charge in [-0.05, 0) is 37.7 Å². The summed E-state index contributed by atoms with van der Waals surface area (Å²) in [5, 5.41) is 21.8. The molecule has 0 radical (unpaired) electrons. The Kier molecular flexibility index (Phi) is 4.81. The zero-order valence-electron chi connectivity index (χ0n) is 12.5. The highest BCUT2D eigenvalue weighted by Crippen LogP contribution is 2.38. The third-order valence-electron chi connectivity index (χ3n) is 4.72. The summed E-state index contributed by atoms with van der Waals surface area (Å²) in [6, 6.07) is 9.83.